The van der Waals surface area contributed by atoms with Crippen molar-refractivity contribution in [1.82, 2.24) is 10.3 Å². The number of pyridine rings is 1. The van der Waals surface area contributed by atoms with Crippen LogP contribution >= 0.6 is 23.2 Å². The van der Waals surface area contributed by atoms with Crippen LogP contribution in [0.1, 0.15) is 24.8 Å². The van der Waals surface area contributed by atoms with Crippen LogP contribution in [0.15, 0.2) is 18.3 Å². The van der Waals surface area contributed by atoms with Crippen molar-refractivity contribution in [2.45, 2.75) is 19.3 Å². The number of hydrogen-bond acceptors (Lipinski definition) is 2. The highest BCUT2D eigenvalue weighted by molar-refractivity contribution is 6.41. The zero-order valence-corrected chi connectivity index (χ0v) is 11.6. The van der Waals surface area contributed by atoms with E-state index in [0.29, 0.717) is 10.2 Å². The Labute approximate surface area is 117 Å². The average molecular weight is 283 g/mol. The Kier molecular flexibility index (Phi) is 3.60. The summed E-state index contributed by atoms with van der Waals surface area (Å²) in [6.45, 7) is 2.30. The molecule has 0 unspecified atom stereocenters. The van der Waals surface area contributed by atoms with Crippen LogP contribution in [0.25, 0.3) is 5.57 Å². The number of nitrogens with zero attached hydrogens (tertiary/aromatic N) is 1. The summed E-state index contributed by atoms with van der Waals surface area (Å²) in [4.78, 5) is 4.13. The molecule has 1 saturated heterocycles. The maximum Gasteiger partial charge on any atom is 0.147 e. The molecule has 96 valence electrons. The van der Waals surface area contributed by atoms with Gasteiger partial charge in [-0.05, 0) is 61.4 Å². The van der Waals surface area contributed by atoms with Gasteiger partial charge in [-0.2, -0.15) is 0 Å². The van der Waals surface area contributed by atoms with Gasteiger partial charge in [-0.25, -0.2) is 4.98 Å². The molecule has 0 spiro atoms. The summed E-state index contributed by atoms with van der Waals surface area (Å²) in [5.74, 6) is 1.61. The van der Waals surface area contributed by atoms with Crippen molar-refractivity contribution < 1.29 is 0 Å². The molecule has 1 aromatic heterocycles. The third-order valence-corrected chi connectivity index (χ3v) is 4.77. The Balaban J connectivity index is 1.84. The highest BCUT2D eigenvalue weighted by Crippen LogP contribution is 2.38. The summed E-state index contributed by atoms with van der Waals surface area (Å²) in [5, 5.41) is 4.41. The van der Waals surface area contributed by atoms with Crippen molar-refractivity contribution in [3.63, 3.8) is 0 Å². The first-order valence-electron chi connectivity index (χ1n) is 6.45. The Morgan fingerprint density at radius 1 is 1.28 bits per heavy atom. The first-order chi connectivity index (χ1) is 8.74. The average Bonchev–Trinajstić information content (AvgIpc) is 2.41. The minimum absolute atomic E-state index is 0.383. The quantitative estimate of drug-likeness (QED) is 0.793. The van der Waals surface area contributed by atoms with Gasteiger partial charge in [-0.1, -0.05) is 29.3 Å². The van der Waals surface area contributed by atoms with Gasteiger partial charge in [0.1, 0.15) is 5.15 Å². The lowest BCUT2D eigenvalue weighted by Gasteiger charge is -2.35. The molecule has 1 aromatic rings. The molecule has 2 nitrogen and oxygen atoms in total. The lowest BCUT2D eigenvalue weighted by molar-refractivity contribution is 0.252. The van der Waals surface area contributed by atoms with Crippen LogP contribution in [-0.4, -0.2) is 18.1 Å². The number of allylic oxidation sites excluding steroid dienone is 2. The Bertz CT molecular complexity index is 485. The molecule has 0 amide bonds. The molecule has 0 bridgehead atoms. The molecule has 4 heteroatoms. The monoisotopic (exact) mass is 282 g/mol. The van der Waals surface area contributed by atoms with Gasteiger partial charge in [0, 0.05) is 6.20 Å². The molecule has 2 atom stereocenters. The summed E-state index contributed by atoms with van der Waals surface area (Å²) < 4.78 is 0. The zero-order valence-electron chi connectivity index (χ0n) is 10.1. The third kappa shape index (κ3) is 2.42. The Morgan fingerprint density at radius 2 is 2.17 bits per heavy atom. The van der Waals surface area contributed by atoms with Crippen LogP contribution in [-0.2, 0) is 0 Å². The van der Waals surface area contributed by atoms with Crippen LogP contribution in [0.2, 0.25) is 10.2 Å². The largest absolute Gasteiger partial charge is 0.316 e. The van der Waals surface area contributed by atoms with Gasteiger partial charge in [0.15, 0.2) is 0 Å². The molecule has 1 aliphatic carbocycles. The van der Waals surface area contributed by atoms with E-state index in [1.807, 2.05) is 12.3 Å². The summed E-state index contributed by atoms with van der Waals surface area (Å²) in [7, 11) is 0. The van der Waals surface area contributed by atoms with Gasteiger partial charge in [-0.15, -0.1) is 0 Å². The second-order valence-electron chi connectivity index (χ2n) is 5.18. The van der Waals surface area contributed by atoms with Crippen LogP contribution in [0, 0.1) is 11.8 Å². The Hall–Kier alpha value is -0.570. The fraction of sp³-hybridized carbons (Fsp3) is 0.500. The first kappa shape index (κ1) is 12.5. The van der Waals surface area contributed by atoms with Crippen LogP contribution in [0.4, 0.5) is 0 Å². The number of fused-ring (bicyclic) bond motifs is 1. The van der Waals surface area contributed by atoms with Crippen LogP contribution < -0.4 is 5.32 Å². The Morgan fingerprint density at radius 3 is 3.00 bits per heavy atom. The second kappa shape index (κ2) is 5.20. The van der Waals surface area contributed by atoms with E-state index in [4.69, 9.17) is 23.2 Å². The fourth-order valence-electron chi connectivity index (χ4n) is 3.02. The standard InChI is InChI=1S/C14H16Cl2N2/c15-13-6-12(8-18-14(13)16)10-2-1-9-3-4-17-7-11(9)5-10/h2,6,8-9,11,17H,1,3-5,7H2/t9-,11+/m1/s1. The predicted octanol–water partition coefficient (Wildman–Crippen LogP) is 3.79. The highest BCUT2D eigenvalue weighted by atomic mass is 35.5. The number of nitrogens with one attached hydrogen (secondary N) is 1. The molecule has 0 aromatic carbocycles. The minimum atomic E-state index is 0.383. The molecule has 2 heterocycles. The highest BCUT2D eigenvalue weighted by Gasteiger charge is 2.28. The van der Waals surface area contributed by atoms with Crippen molar-refractivity contribution in [3.8, 4) is 0 Å². The van der Waals surface area contributed by atoms with E-state index >= 15 is 0 Å². The van der Waals surface area contributed by atoms with Gasteiger partial charge in [0.05, 0.1) is 5.02 Å². The normalized spacial score (nSPS) is 27.6. The minimum Gasteiger partial charge on any atom is -0.316 e. The van der Waals surface area contributed by atoms with E-state index < -0.39 is 0 Å². The van der Waals surface area contributed by atoms with E-state index in [1.54, 1.807) is 0 Å². The summed E-state index contributed by atoms with van der Waals surface area (Å²) >= 11 is 11.9. The van der Waals surface area contributed by atoms with Gasteiger partial charge < -0.3 is 5.32 Å². The smallest absolute Gasteiger partial charge is 0.147 e. The molecular weight excluding hydrogens is 267 g/mol. The number of piperidine rings is 1. The molecule has 3 rings (SSSR count). The van der Waals surface area contributed by atoms with Crippen molar-refractivity contribution in [2.24, 2.45) is 11.8 Å². The number of rotatable bonds is 1. The maximum absolute atomic E-state index is 6.04. The van der Waals surface area contributed by atoms with E-state index in [1.165, 1.54) is 25.0 Å². The van der Waals surface area contributed by atoms with Crippen LogP contribution in [0.5, 0.6) is 0 Å². The predicted molar refractivity (Wildman–Crippen MR) is 75.9 cm³/mol. The SMILES string of the molecule is Clc1cc(C2=CC[C@@H]3CCNC[C@@H]3C2)cnc1Cl. The molecule has 18 heavy (non-hydrogen) atoms. The molecule has 0 saturated carbocycles. The lowest BCUT2D eigenvalue weighted by atomic mass is 9.75. The number of halogens is 2. The van der Waals surface area contributed by atoms with Gasteiger partial charge in [0.2, 0.25) is 0 Å². The van der Waals surface area contributed by atoms with E-state index in [2.05, 4.69) is 16.4 Å². The third-order valence-electron chi connectivity index (χ3n) is 4.08. The van der Waals surface area contributed by atoms with Gasteiger partial charge in [-0.3, -0.25) is 0 Å². The van der Waals surface area contributed by atoms with Crippen molar-refractivity contribution in [3.05, 3.63) is 34.1 Å². The molecular formula is C14H16Cl2N2. The summed E-state index contributed by atoms with van der Waals surface area (Å²) in [5.41, 5.74) is 2.49. The van der Waals surface area contributed by atoms with E-state index in [0.717, 1.165) is 30.4 Å². The molecule has 1 N–H and O–H groups in total. The number of hydrogen-bond donors (Lipinski definition) is 1. The molecule has 2 aliphatic rings. The topological polar surface area (TPSA) is 24.9 Å². The van der Waals surface area contributed by atoms with Crippen molar-refractivity contribution in [2.75, 3.05) is 13.1 Å². The lowest BCUT2D eigenvalue weighted by Crippen LogP contribution is -2.37. The molecule has 0 radical (unpaired) electrons. The summed E-state index contributed by atoms with van der Waals surface area (Å²) in [6, 6.07) is 1.93. The zero-order chi connectivity index (χ0) is 12.5. The van der Waals surface area contributed by atoms with Crippen molar-refractivity contribution >= 4 is 28.8 Å². The molecule has 1 aliphatic heterocycles. The van der Waals surface area contributed by atoms with E-state index in [-0.39, 0.29) is 0 Å². The molecule has 1 fully saturated rings. The maximum atomic E-state index is 6.04. The van der Waals surface area contributed by atoms with Crippen LogP contribution in [0.3, 0.4) is 0 Å². The van der Waals surface area contributed by atoms with E-state index in [9.17, 15) is 0 Å². The summed E-state index contributed by atoms with van der Waals surface area (Å²) in [6.07, 6.45) is 7.79. The fourth-order valence-corrected chi connectivity index (χ4v) is 3.29. The number of aromatic nitrogens is 1. The first-order valence-corrected chi connectivity index (χ1v) is 7.21. The van der Waals surface area contributed by atoms with Crippen molar-refractivity contribution in [1.29, 1.82) is 0 Å². The second-order valence-corrected chi connectivity index (χ2v) is 5.94. The van der Waals surface area contributed by atoms with Gasteiger partial charge in [0.25, 0.3) is 0 Å². The van der Waals surface area contributed by atoms with Gasteiger partial charge >= 0.3 is 0 Å².